The lowest BCUT2D eigenvalue weighted by atomic mass is 9.97. The first-order chi connectivity index (χ1) is 17.0. The van der Waals surface area contributed by atoms with E-state index in [1.54, 1.807) is 12.1 Å². The highest BCUT2D eigenvalue weighted by molar-refractivity contribution is 6.33. The topological polar surface area (TPSA) is 54.9 Å². The number of nitrogens with zero attached hydrogens (tertiary/aromatic N) is 4. The van der Waals surface area contributed by atoms with Crippen molar-refractivity contribution in [2.24, 2.45) is 0 Å². The van der Waals surface area contributed by atoms with Crippen LogP contribution in [0.3, 0.4) is 0 Å². The molecule has 4 rings (SSSR count). The number of hydrogen-bond donors (Lipinski definition) is 2. The number of piperazine rings is 1. The van der Waals surface area contributed by atoms with Gasteiger partial charge in [-0.15, -0.1) is 0 Å². The fraction of sp³-hybridized carbons (Fsp3) is 0.593. The van der Waals surface area contributed by atoms with Crippen LogP contribution in [-0.2, 0) is 13.1 Å². The van der Waals surface area contributed by atoms with Gasteiger partial charge < -0.3 is 15.3 Å². The zero-order valence-corrected chi connectivity index (χ0v) is 21.8. The van der Waals surface area contributed by atoms with E-state index in [9.17, 15) is 9.50 Å². The second kappa shape index (κ2) is 12.3. The maximum atomic E-state index is 14.1. The Morgan fingerprint density at radius 3 is 2.63 bits per heavy atom. The maximum Gasteiger partial charge on any atom is 0.147 e. The summed E-state index contributed by atoms with van der Waals surface area (Å²) in [7, 11) is 0. The molecular formula is C27H39ClFN5O. The SMILES string of the molecule is CCCNCc1cnc(N2CCN(C3CCN(Cc4ccc(O)cc4F)CC3)[C@@H](CC)C2)c(Cl)c1. The summed E-state index contributed by atoms with van der Waals surface area (Å²) >= 11 is 6.66. The Kier molecular flexibility index (Phi) is 9.22. The van der Waals surface area contributed by atoms with E-state index < -0.39 is 0 Å². The van der Waals surface area contributed by atoms with Crippen LogP contribution < -0.4 is 10.2 Å². The predicted octanol–water partition coefficient (Wildman–Crippen LogP) is 4.64. The number of hydrogen-bond acceptors (Lipinski definition) is 6. The molecule has 1 aromatic carbocycles. The maximum absolute atomic E-state index is 14.1. The highest BCUT2D eigenvalue weighted by Crippen LogP contribution is 2.30. The predicted molar refractivity (Wildman–Crippen MR) is 141 cm³/mol. The quantitative estimate of drug-likeness (QED) is 0.486. The van der Waals surface area contributed by atoms with Crippen molar-refractivity contribution in [3.8, 4) is 5.75 Å². The number of aromatic hydroxyl groups is 1. The number of rotatable bonds is 9. The van der Waals surface area contributed by atoms with Crippen LogP contribution in [0.1, 0.15) is 50.7 Å². The summed E-state index contributed by atoms with van der Waals surface area (Å²) in [4.78, 5) is 12.1. The van der Waals surface area contributed by atoms with Crippen molar-refractivity contribution in [3.05, 3.63) is 52.4 Å². The van der Waals surface area contributed by atoms with Crippen molar-refractivity contribution in [1.29, 1.82) is 0 Å². The van der Waals surface area contributed by atoms with Crippen molar-refractivity contribution in [3.63, 3.8) is 0 Å². The summed E-state index contributed by atoms with van der Waals surface area (Å²) in [6.45, 7) is 11.6. The number of benzene rings is 1. The molecule has 2 fully saturated rings. The molecule has 2 aliphatic rings. The number of nitrogens with one attached hydrogen (secondary N) is 1. The molecule has 1 aromatic heterocycles. The lowest BCUT2D eigenvalue weighted by molar-refractivity contribution is 0.0607. The first kappa shape index (κ1) is 26.1. The van der Waals surface area contributed by atoms with Gasteiger partial charge in [0.2, 0.25) is 0 Å². The third-order valence-corrected chi connectivity index (χ3v) is 7.67. The Labute approximate surface area is 214 Å². The Morgan fingerprint density at radius 1 is 1.14 bits per heavy atom. The lowest BCUT2D eigenvalue weighted by Crippen LogP contribution is -2.58. The molecule has 8 heteroatoms. The van der Waals surface area contributed by atoms with Gasteiger partial charge in [0.25, 0.3) is 0 Å². The molecule has 2 N–H and O–H groups in total. The van der Waals surface area contributed by atoms with E-state index in [4.69, 9.17) is 16.6 Å². The minimum atomic E-state index is -0.327. The summed E-state index contributed by atoms with van der Waals surface area (Å²) in [6, 6.07) is 7.53. The molecule has 0 bridgehead atoms. The van der Waals surface area contributed by atoms with Crippen molar-refractivity contribution in [1.82, 2.24) is 20.1 Å². The third-order valence-electron chi connectivity index (χ3n) is 7.39. The van der Waals surface area contributed by atoms with E-state index in [0.29, 0.717) is 24.2 Å². The monoisotopic (exact) mass is 503 g/mol. The molecule has 35 heavy (non-hydrogen) atoms. The van der Waals surface area contributed by atoms with Gasteiger partial charge in [-0.3, -0.25) is 9.80 Å². The summed E-state index contributed by atoms with van der Waals surface area (Å²) in [5.74, 6) is 0.549. The van der Waals surface area contributed by atoms with Crippen LogP contribution in [0.2, 0.25) is 5.02 Å². The summed E-state index contributed by atoms with van der Waals surface area (Å²) in [6.07, 6.45) is 6.33. The minimum Gasteiger partial charge on any atom is -0.508 e. The second-order valence-corrected chi connectivity index (χ2v) is 10.3. The highest BCUT2D eigenvalue weighted by Gasteiger charge is 2.34. The van der Waals surface area contributed by atoms with Crippen molar-refractivity contribution >= 4 is 17.4 Å². The Bertz CT molecular complexity index is 969. The van der Waals surface area contributed by atoms with Gasteiger partial charge in [0.05, 0.1) is 5.02 Å². The average Bonchev–Trinajstić information content (AvgIpc) is 2.86. The van der Waals surface area contributed by atoms with E-state index in [1.807, 2.05) is 12.3 Å². The molecule has 0 unspecified atom stereocenters. The Morgan fingerprint density at radius 2 is 1.94 bits per heavy atom. The molecule has 1 atom stereocenters. The number of halogens is 2. The van der Waals surface area contributed by atoms with Crippen LogP contribution in [0.5, 0.6) is 5.75 Å². The number of piperidine rings is 1. The van der Waals surface area contributed by atoms with Crippen LogP contribution in [0.15, 0.2) is 30.5 Å². The zero-order chi connectivity index (χ0) is 24.8. The van der Waals surface area contributed by atoms with Crippen LogP contribution >= 0.6 is 11.6 Å². The number of aromatic nitrogens is 1. The van der Waals surface area contributed by atoms with E-state index in [1.165, 1.54) is 6.07 Å². The normalized spacial score (nSPS) is 20.5. The number of likely N-dealkylation sites (tertiary alicyclic amines) is 1. The molecule has 6 nitrogen and oxygen atoms in total. The molecule has 2 saturated heterocycles. The van der Waals surface area contributed by atoms with Gasteiger partial charge in [0.1, 0.15) is 17.4 Å². The second-order valence-electron chi connectivity index (χ2n) is 9.85. The summed E-state index contributed by atoms with van der Waals surface area (Å²) in [5, 5.41) is 13.6. The van der Waals surface area contributed by atoms with Gasteiger partial charge in [-0.05, 0) is 63.0 Å². The first-order valence-corrected chi connectivity index (χ1v) is 13.4. The van der Waals surface area contributed by atoms with Crippen molar-refractivity contribution < 1.29 is 9.50 Å². The summed E-state index contributed by atoms with van der Waals surface area (Å²) < 4.78 is 14.1. The molecule has 0 spiro atoms. The third kappa shape index (κ3) is 6.64. The Hall–Kier alpha value is -1.93. The first-order valence-electron chi connectivity index (χ1n) is 13.0. The van der Waals surface area contributed by atoms with Gasteiger partial charge in [-0.2, -0.15) is 0 Å². The molecule has 192 valence electrons. The molecule has 0 radical (unpaired) electrons. The molecular weight excluding hydrogens is 465 g/mol. The van der Waals surface area contributed by atoms with E-state index >= 15 is 0 Å². The number of anilines is 1. The zero-order valence-electron chi connectivity index (χ0n) is 21.0. The van der Waals surface area contributed by atoms with Crippen molar-refractivity contribution in [2.45, 2.75) is 64.7 Å². The van der Waals surface area contributed by atoms with Crippen molar-refractivity contribution in [2.75, 3.05) is 44.2 Å². The fourth-order valence-electron chi connectivity index (χ4n) is 5.43. The standard InChI is InChI=1S/C27H39ClFN5O/c1-3-9-30-16-20-14-25(28)27(31-17-20)33-12-13-34(22(4-2)19-33)23-7-10-32(11-8-23)18-21-5-6-24(35)15-26(21)29/h5-6,14-15,17,22-23,30,35H,3-4,7-13,16,18-19H2,1-2H3/t22-/m0/s1. The van der Waals surface area contributed by atoms with Gasteiger partial charge >= 0.3 is 0 Å². The molecule has 2 aromatic rings. The fourth-order valence-corrected chi connectivity index (χ4v) is 5.74. The molecule has 0 saturated carbocycles. The lowest BCUT2D eigenvalue weighted by Gasteiger charge is -2.47. The van der Waals surface area contributed by atoms with Crippen LogP contribution in [0, 0.1) is 5.82 Å². The minimum absolute atomic E-state index is 0.0221. The van der Waals surface area contributed by atoms with E-state index in [2.05, 4.69) is 33.9 Å². The van der Waals surface area contributed by atoms with Gasteiger partial charge in [0, 0.05) is 62.6 Å². The average molecular weight is 504 g/mol. The van der Waals surface area contributed by atoms with E-state index in [0.717, 1.165) is 87.9 Å². The van der Waals surface area contributed by atoms with Crippen LogP contribution in [0.4, 0.5) is 10.2 Å². The highest BCUT2D eigenvalue weighted by atomic mass is 35.5. The van der Waals surface area contributed by atoms with Gasteiger partial charge in [0.15, 0.2) is 0 Å². The number of phenols is 1. The molecule has 3 heterocycles. The van der Waals surface area contributed by atoms with E-state index in [-0.39, 0.29) is 11.6 Å². The van der Waals surface area contributed by atoms with Gasteiger partial charge in [-0.25, -0.2) is 9.37 Å². The molecule has 0 amide bonds. The van der Waals surface area contributed by atoms with Gasteiger partial charge in [-0.1, -0.05) is 31.5 Å². The molecule has 0 aliphatic carbocycles. The largest absolute Gasteiger partial charge is 0.508 e. The number of pyridine rings is 1. The molecule has 2 aliphatic heterocycles. The van der Waals surface area contributed by atoms with Crippen LogP contribution in [-0.4, -0.2) is 71.2 Å². The number of phenolic OH excluding ortho intramolecular Hbond substituents is 1. The Balaban J connectivity index is 1.31. The summed E-state index contributed by atoms with van der Waals surface area (Å²) in [5.41, 5.74) is 1.77. The smallest absolute Gasteiger partial charge is 0.147 e. The van der Waals surface area contributed by atoms with Crippen LogP contribution in [0.25, 0.3) is 0 Å².